The van der Waals surface area contributed by atoms with Gasteiger partial charge in [-0.3, -0.25) is 0 Å². The quantitative estimate of drug-likeness (QED) is 0.505. The van der Waals surface area contributed by atoms with Crippen molar-refractivity contribution in [3.63, 3.8) is 0 Å². The van der Waals surface area contributed by atoms with Crippen molar-refractivity contribution in [3.05, 3.63) is 99.4 Å². The van der Waals surface area contributed by atoms with Crippen molar-refractivity contribution in [1.82, 2.24) is 4.90 Å². The Morgan fingerprint density at radius 3 is 2.61 bits per heavy atom. The van der Waals surface area contributed by atoms with Gasteiger partial charge in [0.25, 0.3) is 0 Å². The summed E-state index contributed by atoms with van der Waals surface area (Å²) in [6.45, 7) is 5.30. The zero-order valence-corrected chi connectivity index (χ0v) is 22.0. The number of allylic oxidation sites excluding steroid dienone is 3. The number of likely N-dealkylation sites (tertiary alicyclic amines) is 1. The Labute approximate surface area is 219 Å². The Morgan fingerprint density at radius 1 is 1.14 bits per heavy atom. The lowest BCUT2D eigenvalue weighted by Crippen LogP contribution is -2.44. The summed E-state index contributed by atoms with van der Waals surface area (Å²) in [5, 5.41) is 23.0. The van der Waals surface area contributed by atoms with Gasteiger partial charge in [-0.05, 0) is 72.7 Å². The van der Waals surface area contributed by atoms with Crippen molar-refractivity contribution >= 4 is 11.6 Å². The van der Waals surface area contributed by atoms with Crippen LogP contribution in [0.1, 0.15) is 42.9 Å². The third kappa shape index (κ3) is 5.04. The van der Waals surface area contributed by atoms with E-state index in [1.807, 2.05) is 42.5 Å². The minimum atomic E-state index is -0.783. The molecule has 5 rings (SSSR count). The highest BCUT2D eigenvalue weighted by Crippen LogP contribution is 2.39. The van der Waals surface area contributed by atoms with Crippen molar-refractivity contribution in [2.75, 3.05) is 33.2 Å². The van der Waals surface area contributed by atoms with Gasteiger partial charge in [-0.2, -0.15) is 0 Å². The lowest BCUT2D eigenvalue weighted by Gasteiger charge is -2.38. The molecule has 5 nitrogen and oxygen atoms in total. The average Bonchev–Trinajstić information content (AvgIpc) is 3.03. The number of piperidine rings is 1. The van der Waals surface area contributed by atoms with Gasteiger partial charge in [0, 0.05) is 36.6 Å². The molecule has 0 aromatic heterocycles. The number of hydrogen-bond acceptors (Lipinski definition) is 4. The average molecular weight is 508 g/mol. The molecule has 0 spiro atoms. The van der Waals surface area contributed by atoms with Crippen LogP contribution in [0.3, 0.4) is 0 Å². The van der Waals surface area contributed by atoms with Crippen LogP contribution in [0.25, 0.3) is 0 Å². The third-order valence-electron chi connectivity index (χ3n) is 7.84. The summed E-state index contributed by atoms with van der Waals surface area (Å²) in [5.41, 5.74) is 4.85. The molecule has 0 saturated carbocycles. The summed E-state index contributed by atoms with van der Waals surface area (Å²) in [6.07, 6.45) is 10.5. The predicted molar refractivity (Wildman–Crippen MR) is 143 cm³/mol. The maximum atomic E-state index is 11.2. The summed E-state index contributed by atoms with van der Waals surface area (Å²) in [4.78, 5) is 2.43. The lowest BCUT2D eigenvalue weighted by molar-refractivity contribution is -1.06. The monoisotopic (exact) mass is 507 g/mol. The standard InChI is InChI=1S/C30H36ClN2O3/c1-3-22-7-4-10-28-27(22)21-23(26-9-6-20-33(2,35)29(26)36-28)8-5-17-32-18-15-30(34,16-19-32)24-11-13-25(31)14-12-24/h4,6-14,34-35H,3,5,15-21H2,1-2H3/q+1. The van der Waals surface area contributed by atoms with Gasteiger partial charge in [-0.25, -0.2) is 5.21 Å². The molecule has 2 aromatic carbocycles. The number of benzene rings is 2. The summed E-state index contributed by atoms with van der Waals surface area (Å²) < 4.78 is 6.10. The van der Waals surface area contributed by atoms with Gasteiger partial charge in [0.05, 0.1) is 11.2 Å². The largest absolute Gasteiger partial charge is 0.410 e. The number of likely N-dealkylation sites (N-methyl/N-ethyl adjacent to an activating group) is 1. The van der Waals surface area contributed by atoms with Crippen molar-refractivity contribution < 1.29 is 19.7 Å². The maximum absolute atomic E-state index is 11.2. The molecule has 190 valence electrons. The first-order chi connectivity index (χ1) is 17.3. The molecular formula is C30H36ClN2O3+. The molecule has 0 bridgehead atoms. The number of hydrogen-bond donors (Lipinski definition) is 2. The van der Waals surface area contributed by atoms with E-state index in [0.29, 0.717) is 30.3 Å². The van der Waals surface area contributed by atoms with E-state index in [9.17, 15) is 10.3 Å². The number of halogens is 1. The van der Waals surface area contributed by atoms with Gasteiger partial charge in [0.2, 0.25) is 0 Å². The SMILES string of the molecule is CCc1cccc2c1CC(=CCCN1CCC(O)(c3ccc(Cl)cc3)CC1)C1=C(O2)[N+](C)(O)CC=C1. The van der Waals surface area contributed by atoms with Gasteiger partial charge in [-0.1, -0.05) is 48.9 Å². The van der Waals surface area contributed by atoms with Crippen LogP contribution >= 0.6 is 11.6 Å². The highest BCUT2D eigenvalue weighted by Gasteiger charge is 2.38. The Balaban J connectivity index is 1.32. The van der Waals surface area contributed by atoms with Crippen molar-refractivity contribution in [1.29, 1.82) is 0 Å². The topological polar surface area (TPSA) is 52.9 Å². The summed E-state index contributed by atoms with van der Waals surface area (Å²) in [6, 6.07) is 13.8. The second-order valence-electron chi connectivity index (χ2n) is 10.4. The van der Waals surface area contributed by atoms with E-state index in [1.54, 1.807) is 7.05 Å². The number of aliphatic hydroxyl groups is 1. The van der Waals surface area contributed by atoms with Crippen molar-refractivity contribution in [3.8, 4) is 5.75 Å². The molecule has 0 aliphatic carbocycles. The molecule has 1 unspecified atom stereocenters. The van der Waals surface area contributed by atoms with E-state index >= 15 is 0 Å². The van der Waals surface area contributed by atoms with E-state index in [1.165, 1.54) is 16.7 Å². The van der Waals surface area contributed by atoms with Gasteiger partial charge in [0.15, 0.2) is 0 Å². The molecule has 36 heavy (non-hydrogen) atoms. The molecule has 1 saturated heterocycles. The molecule has 6 heteroatoms. The molecule has 1 fully saturated rings. The smallest absolute Gasteiger partial charge is 0.337 e. The summed E-state index contributed by atoms with van der Waals surface area (Å²) in [7, 11) is 1.78. The molecule has 3 aliphatic heterocycles. The van der Waals surface area contributed by atoms with Crippen molar-refractivity contribution in [2.24, 2.45) is 0 Å². The van der Waals surface area contributed by atoms with Crippen LogP contribution in [-0.2, 0) is 18.4 Å². The fourth-order valence-corrected chi connectivity index (χ4v) is 5.74. The zero-order chi connectivity index (χ0) is 25.3. The van der Waals surface area contributed by atoms with Crippen LogP contribution in [0.4, 0.5) is 0 Å². The van der Waals surface area contributed by atoms with Crippen LogP contribution in [0.15, 0.2) is 77.7 Å². The number of rotatable bonds is 5. The molecule has 2 aromatic rings. The first-order valence-electron chi connectivity index (χ1n) is 13.0. The van der Waals surface area contributed by atoms with E-state index in [-0.39, 0.29) is 4.65 Å². The third-order valence-corrected chi connectivity index (χ3v) is 8.10. The molecule has 3 aliphatic rings. The van der Waals surface area contributed by atoms with Gasteiger partial charge < -0.3 is 14.7 Å². The van der Waals surface area contributed by atoms with E-state index in [4.69, 9.17) is 16.3 Å². The summed E-state index contributed by atoms with van der Waals surface area (Å²) >= 11 is 6.03. The Kier molecular flexibility index (Phi) is 7.12. The van der Waals surface area contributed by atoms with E-state index < -0.39 is 5.60 Å². The first kappa shape index (κ1) is 25.2. The molecule has 1 atom stereocenters. The van der Waals surface area contributed by atoms with E-state index in [0.717, 1.165) is 55.8 Å². The Morgan fingerprint density at radius 2 is 1.89 bits per heavy atom. The van der Waals surface area contributed by atoms with Gasteiger partial charge in [0.1, 0.15) is 19.3 Å². The number of hydroxylamine groups is 3. The zero-order valence-electron chi connectivity index (χ0n) is 21.2. The second-order valence-corrected chi connectivity index (χ2v) is 10.8. The van der Waals surface area contributed by atoms with Crippen LogP contribution in [0.5, 0.6) is 5.75 Å². The fourth-order valence-electron chi connectivity index (χ4n) is 5.61. The maximum Gasteiger partial charge on any atom is 0.337 e. The number of aryl methyl sites for hydroxylation is 1. The van der Waals surface area contributed by atoms with Gasteiger partial charge in [-0.15, -0.1) is 4.65 Å². The highest BCUT2D eigenvalue weighted by atomic mass is 35.5. The minimum absolute atomic E-state index is 0.283. The number of quaternary nitrogens is 1. The molecule has 0 radical (unpaired) electrons. The minimum Gasteiger partial charge on any atom is -0.410 e. The Hall–Kier alpha value is -2.41. The molecule has 3 heterocycles. The molecule has 0 amide bonds. The number of nitrogens with zero attached hydrogens (tertiary/aromatic N) is 2. The molecule has 2 N–H and O–H groups in total. The van der Waals surface area contributed by atoms with Crippen LogP contribution in [0, 0.1) is 0 Å². The van der Waals surface area contributed by atoms with Crippen molar-refractivity contribution in [2.45, 2.75) is 44.6 Å². The number of ether oxygens (including phenoxy) is 1. The second kappa shape index (κ2) is 10.2. The summed E-state index contributed by atoms with van der Waals surface area (Å²) in [5.74, 6) is 1.44. The first-order valence-corrected chi connectivity index (χ1v) is 13.4. The lowest BCUT2D eigenvalue weighted by atomic mass is 9.84. The van der Waals surface area contributed by atoms with Gasteiger partial charge >= 0.3 is 5.88 Å². The Bertz CT molecular complexity index is 1210. The van der Waals surface area contributed by atoms with Crippen LogP contribution in [-0.4, -0.2) is 53.1 Å². The molecular weight excluding hydrogens is 472 g/mol. The van der Waals surface area contributed by atoms with Crippen LogP contribution < -0.4 is 4.74 Å². The highest BCUT2D eigenvalue weighted by molar-refractivity contribution is 6.30. The normalized spacial score (nSPS) is 24.8. The number of fused-ring (bicyclic) bond motifs is 1. The fraction of sp³-hybridized carbons (Fsp3) is 0.400. The predicted octanol–water partition coefficient (Wildman–Crippen LogP) is 5.75. The van der Waals surface area contributed by atoms with E-state index in [2.05, 4.69) is 30.0 Å². The van der Waals surface area contributed by atoms with Crippen LogP contribution in [0.2, 0.25) is 5.02 Å².